The lowest BCUT2D eigenvalue weighted by atomic mass is 10.1. The second-order valence-corrected chi connectivity index (χ2v) is 4.63. The van der Waals surface area contributed by atoms with Gasteiger partial charge < -0.3 is 5.73 Å². The number of anilines is 1. The Hall–Kier alpha value is -1.28. The summed E-state index contributed by atoms with van der Waals surface area (Å²) in [7, 11) is 0. The highest BCUT2D eigenvalue weighted by atomic mass is 32.1. The molecule has 72 valence electrons. The molecule has 0 saturated heterocycles. The zero-order valence-corrected chi connectivity index (χ0v) is 9.19. The van der Waals surface area contributed by atoms with Crippen molar-refractivity contribution in [1.29, 1.82) is 0 Å². The fourth-order valence-electron chi connectivity index (χ4n) is 1.45. The van der Waals surface area contributed by atoms with E-state index in [2.05, 4.69) is 30.5 Å². The fourth-order valence-corrected chi connectivity index (χ4v) is 2.16. The number of nitrogen functional groups attached to an aromatic ring is 1. The molecule has 1 aromatic carbocycles. The molecule has 2 heteroatoms. The molecule has 0 spiro atoms. The monoisotopic (exact) mass is 203 g/mol. The third-order valence-corrected chi connectivity index (χ3v) is 3.20. The minimum Gasteiger partial charge on any atom is -0.399 e. The van der Waals surface area contributed by atoms with Crippen LogP contribution in [0.15, 0.2) is 29.6 Å². The lowest BCUT2D eigenvalue weighted by Crippen LogP contribution is -1.88. The van der Waals surface area contributed by atoms with Crippen LogP contribution in [0.4, 0.5) is 5.69 Å². The first-order valence-corrected chi connectivity index (χ1v) is 5.46. The summed E-state index contributed by atoms with van der Waals surface area (Å²) in [6.07, 6.45) is 0. The highest BCUT2D eigenvalue weighted by Crippen LogP contribution is 2.27. The first kappa shape index (κ1) is 9.28. The van der Waals surface area contributed by atoms with Gasteiger partial charge in [0.2, 0.25) is 0 Å². The molecule has 0 unspecified atom stereocenters. The quantitative estimate of drug-likeness (QED) is 0.704. The number of rotatable bonds is 1. The number of thiophene rings is 1. The number of nitrogens with two attached hydrogens (primary N) is 1. The van der Waals surface area contributed by atoms with Crippen molar-refractivity contribution in [2.45, 2.75) is 13.8 Å². The van der Waals surface area contributed by atoms with Gasteiger partial charge in [-0.05, 0) is 54.1 Å². The summed E-state index contributed by atoms with van der Waals surface area (Å²) in [4.78, 5) is 1.34. The normalized spacial score (nSPS) is 10.4. The Balaban J connectivity index is 2.47. The molecular weight excluding hydrogens is 190 g/mol. The van der Waals surface area contributed by atoms with Crippen molar-refractivity contribution in [2.75, 3.05) is 5.73 Å². The van der Waals surface area contributed by atoms with Crippen molar-refractivity contribution in [2.24, 2.45) is 0 Å². The Morgan fingerprint density at radius 2 is 1.86 bits per heavy atom. The highest BCUT2D eigenvalue weighted by molar-refractivity contribution is 7.10. The molecule has 2 rings (SSSR count). The molecule has 0 bridgehead atoms. The second-order valence-electron chi connectivity index (χ2n) is 3.52. The maximum atomic E-state index is 5.77. The lowest BCUT2D eigenvalue weighted by Gasteiger charge is -2.02. The maximum Gasteiger partial charge on any atom is 0.0344 e. The van der Waals surface area contributed by atoms with E-state index in [1.807, 2.05) is 13.0 Å². The zero-order chi connectivity index (χ0) is 10.1. The van der Waals surface area contributed by atoms with E-state index in [1.54, 1.807) is 11.3 Å². The van der Waals surface area contributed by atoms with E-state index < -0.39 is 0 Å². The predicted octanol–water partition coefficient (Wildman–Crippen LogP) is 3.61. The van der Waals surface area contributed by atoms with Crippen LogP contribution >= 0.6 is 11.3 Å². The Morgan fingerprint density at radius 1 is 1.07 bits per heavy atom. The topological polar surface area (TPSA) is 26.0 Å². The largest absolute Gasteiger partial charge is 0.399 e. The third-order valence-electron chi connectivity index (χ3n) is 2.33. The fraction of sp³-hybridized carbons (Fsp3) is 0.167. The van der Waals surface area contributed by atoms with Gasteiger partial charge >= 0.3 is 0 Å². The smallest absolute Gasteiger partial charge is 0.0344 e. The predicted molar refractivity (Wildman–Crippen MR) is 63.6 cm³/mol. The van der Waals surface area contributed by atoms with Crippen LogP contribution in [0.2, 0.25) is 0 Å². The van der Waals surface area contributed by atoms with E-state index in [0.717, 1.165) is 11.3 Å². The molecule has 0 radical (unpaired) electrons. The summed E-state index contributed by atoms with van der Waals surface area (Å²) in [5, 5.41) is 2.18. The molecule has 14 heavy (non-hydrogen) atoms. The summed E-state index contributed by atoms with van der Waals surface area (Å²) in [6, 6.07) is 8.38. The van der Waals surface area contributed by atoms with E-state index in [-0.39, 0.29) is 0 Å². The Bertz CT molecular complexity index is 457. The molecule has 0 amide bonds. The number of hydrogen-bond donors (Lipinski definition) is 1. The number of aryl methyl sites for hydroxylation is 2. The summed E-state index contributed by atoms with van der Waals surface area (Å²) < 4.78 is 0. The molecule has 0 saturated carbocycles. The van der Waals surface area contributed by atoms with Crippen LogP contribution in [-0.2, 0) is 0 Å². The minimum atomic E-state index is 0.862. The van der Waals surface area contributed by atoms with Gasteiger partial charge in [0, 0.05) is 10.6 Å². The summed E-state index contributed by atoms with van der Waals surface area (Å²) >= 11 is 1.78. The van der Waals surface area contributed by atoms with Crippen LogP contribution in [0.5, 0.6) is 0 Å². The van der Waals surface area contributed by atoms with Gasteiger partial charge in [-0.25, -0.2) is 0 Å². The van der Waals surface area contributed by atoms with Crippen molar-refractivity contribution in [3.05, 3.63) is 40.1 Å². The first-order valence-electron chi connectivity index (χ1n) is 4.58. The summed E-state index contributed by atoms with van der Waals surface area (Å²) in [5.41, 5.74) is 10.3. The molecule has 2 N–H and O–H groups in total. The van der Waals surface area contributed by atoms with Gasteiger partial charge in [0.15, 0.2) is 0 Å². The van der Waals surface area contributed by atoms with E-state index in [1.165, 1.54) is 16.0 Å². The molecule has 0 aliphatic rings. The molecule has 0 atom stereocenters. The number of hydrogen-bond acceptors (Lipinski definition) is 2. The van der Waals surface area contributed by atoms with Gasteiger partial charge in [0.05, 0.1) is 0 Å². The SMILES string of the molecule is Cc1cc(-c2ccc(N)c(C)c2)cs1. The van der Waals surface area contributed by atoms with Crippen molar-refractivity contribution in [1.82, 2.24) is 0 Å². The van der Waals surface area contributed by atoms with E-state index in [4.69, 9.17) is 5.73 Å². The molecule has 0 aliphatic heterocycles. The van der Waals surface area contributed by atoms with E-state index >= 15 is 0 Å². The maximum absolute atomic E-state index is 5.77. The Morgan fingerprint density at radius 3 is 2.43 bits per heavy atom. The van der Waals surface area contributed by atoms with Crippen LogP contribution in [0.3, 0.4) is 0 Å². The third kappa shape index (κ3) is 1.66. The molecule has 2 aromatic rings. The van der Waals surface area contributed by atoms with Gasteiger partial charge in [-0.2, -0.15) is 0 Å². The first-order chi connectivity index (χ1) is 6.66. The highest BCUT2D eigenvalue weighted by Gasteiger charge is 2.01. The minimum absolute atomic E-state index is 0.862. The average Bonchev–Trinajstić information content (AvgIpc) is 2.57. The van der Waals surface area contributed by atoms with E-state index in [0.29, 0.717) is 0 Å². The average molecular weight is 203 g/mol. The Labute approximate surface area is 88.2 Å². The van der Waals surface area contributed by atoms with Crippen LogP contribution in [0, 0.1) is 13.8 Å². The van der Waals surface area contributed by atoms with Crippen LogP contribution < -0.4 is 5.73 Å². The van der Waals surface area contributed by atoms with Gasteiger partial charge in [0.25, 0.3) is 0 Å². The standard InChI is InChI=1S/C12H13NS/c1-8-5-10(3-4-12(8)13)11-6-9(2)14-7-11/h3-7H,13H2,1-2H3. The molecule has 0 aliphatic carbocycles. The molecule has 1 aromatic heterocycles. The summed E-state index contributed by atoms with van der Waals surface area (Å²) in [6.45, 7) is 4.16. The molecule has 1 heterocycles. The van der Waals surface area contributed by atoms with E-state index in [9.17, 15) is 0 Å². The zero-order valence-electron chi connectivity index (χ0n) is 8.37. The van der Waals surface area contributed by atoms with Crippen LogP contribution in [-0.4, -0.2) is 0 Å². The van der Waals surface area contributed by atoms with Crippen molar-refractivity contribution < 1.29 is 0 Å². The van der Waals surface area contributed by atoms with Crippen molar-refractivity contribution >= 4 is 17.0 Å². The number of benzene rings is 1. The molecule has 1 nitrogen and oxygen atoms in total. The van der Waals surface area contributed by atoms with Gasteiger partial charge in [-0.3, -0.25) is 0 Å². The van der Waals surface area contributed by atoms with Crippen molar-refractivity contribution in [3.8, 4) is 11.1 Å². The lowest BCUT2D eigenvalue weighted by molar-refractivity contribution is 1.47. The molecular formula is C12H13NS. The Kier molecular flexibility index (Phi) is 2.30. The van der Waals surface area contributed by atoms with Crippen LogP contribution in [0.25, 0.3) is 11.1 Å². The van der Waals surface area contributed by atoms with Gasteiger partial charge in [-0.15, -0.1) is 11.3 Å². The second kappa shape index (κ2) is 3.46. The van der Waals surface area contributed by atoms with Crippen molar-refractivity contribution in [3.63, 3.8) is 0 Å². The van der Waals surface area contributed by atoms with Gasteiger partial charge in [0.1, 0.15) is 0 Å². The van der Waals surface area contributed by atoms with Gasteiger partial charge in [-0.1, -0.05) is 6.07 Å². The molecule has 0 fully saturated rings. The summed E-state index contributed by atoms with van der Waals surface area (Å²) in [5.74, 6) is 0. The van der Waals surface area contributed by atoms with Crippen LogP contribution in [0.1, 0.15) is 10.4 Å².